The Bertz CT molecular complexity index is 446. The fourth-order valence-corrected chi connectivity index (χ4v) is 1.36. The van der Waals surface area contributed by atoms with Gasteiger partial charge in [0.1, 0.15) is 0 Å². The fourth-order valence-electron chi connectivity index (χ4n) is 1.36. The fraction of sp³-hybridized carbons (Fsp3) is 0.125. The molecule has 1 aliphatic heterocycles. The molecule has 0 radical (unpaired) electrons. The Labute approximate surface area is 83.9 Å². The van der Waals surface area contributed by atoms with E-state index in [0.29, 0.717) is 11.4 Å². The third-order valence-corrected chi connectivity index (χ3v) is 2.06. The minimum absolute atomic E-state index is 0.0749. The molecule has 0 bridgehead atoms. The first kappa shape index (κ1) is 9.25. The van der Waals surface area contributed by atoms with Crippen molar-refractivity contribution >= 4 is 23.0 Å². The Kier molecular flexibility index (Phi) is 1.93. The second-order valence-corrected chi connectivity index (χ2v) is 3.05. The maximum Gasteiger partial charge on any atom is 0.347 e. The van der Waals surface area contributed by atoms with Crippen LogP contribution in [0.5, 0.6) is 0 Å². The quantitative estimate of drug-likeness (QED) is 0.492. The van der Waals surface area contributed by atoms with Gasteiger partial charge in [0.2, 0.25) is 0 Å². The van der Waals surface area contributed by atoms with Gasteiger partial charge >= 0.3 is 5.97 Å². The molecule has 0 aliphatic carbocycles. The van der Waals surface area contributed by atoms with Crippen molar-refractivity contribution in [2.45, 2.75) is 6.17 Å². The van der Waals surface area contributed by atoms with E-state index in [1.54, 1.807) is 0 Å². The molecule has 0 amide bonds. The lowest BCUT2D eigenvalue weighted by Gasteiger charge is -2.04. The van der Waals surface area contributed by atoms with Crippen molar-refractivity contribution in [2.24, 2.45) is 0 Å². The second kappa shape index (κ2) is 3.12. The molecule has 0 saturated heterocycles. The summed E-state index contributed by atoms with van der Waals surface area (Å²) in [6.45, 7) is 0. The first-order chi connectivity index (χ1) is 7.08. The number of carboxylic acid groups (broad SMARTS) is 1. The Morgan fingerprint density at radius 1 is 1.40 bits per heavy atom. The third kappa shape index (κ3) is 1.54. The number of benzene rings is 1. The molecule has 1 aliphatic rings. The number of nitrogens with zero attached hydrogens (tertiary/aromatic N) is 1. The summed E-state index contributed by atoms with van der Waals surface area (Å²) in [4.78, 5) is 20.6. The number of non-ortho nitro benzene ring substituents is 1. The van der Waals surface area contributed by atoms with E-state index in [1.807, 2.05) is 0 Å². The number of fused-ring (bicyclic) bond motifs is 1. The van der Waals surface area contributed by atoms with Crippen LogP contribution in [0.25, 0.3) is 0 Å². The summed E-state index contributed by atoms with van der Waals surface area (Å²) in [6.07, 6.45) is -0.929. The van der Waals surface area contributed by atoms with Gasteiger partial charge in [0.05, 0.1) is 16.3 Å². The predicted molar refractivity (Wildman–Crippen MR) is 51.8 cm³/mol. The van der Waals surface area contributed by atoms with Gasteiger partial charge in [-0.05, 0) is 6.07 Å². The summed E-state index contributed by atoms with van der Waals surface area (Å²) in [6, 6.07) is 4.09. The van der Waals surface area contributed by atoms with Crippen molar-refractivity contribution in [1.82, 2.24) is 0 Å². The van der Waals surface area contributed by atoms with Gasteiger partial charge in [-0.2, -0.15) is 0 Å². The van der Waals surface area contributed by atoms with Crippen LogP contribution in [0.15, 0.2) is 18.2 Å². The zero-order valence-corrected chi connectivity index (χ0v) is 7.43. The summed E-state index contributed by atoms with van der Waals surface area (Å²) < 4.78 is 0. The number of anilines is 2. The van der Waals surface area contributed by atoms with Crippen molar-refractivity contribution < 1.29 is 14.8 Å². The van der Waals surface area contributed by atoms with Crippen LogP contribution in [0.3, 0.4) is 0 Å². The summed E-state index contributed by atoms with van der Waals surface area (Å²) in [5, 5.41) is 24.4. The number of nitro groups is 1. The largest absolute Gasteiger partial charge is 0.478 e. The van der Waals surface area contributed by atoms with Gasteiger partial charge in [-0.3, -0.25) is 10.1 Å². The number of carboxylic acids is 1. The molecule has 1 aromatic rings. The standard InChI is InChI=1S/C8H7N3O4/c12-8(13)7-9-5-2-1-4(11(14)15)3-6(5)10-7/h1-3,7,9-10H,(H,12,13). The first-order valence-corrected chi connectivity index (χ1v) is 4.12. The van der Waals surface area contributed by atoms with Gasteiger partial charge < -0.3 is 15.7 Å². The van der Waals surface area contributed by atoms with Gasteiger partial charge in [-0.25, -0.2) is 4.79 Å². The van der Waals surface area contributed by atoms with Crippen LogP contribution in [0.2, 0.25) is 0 Å². The van der Waals surface area contributed by atoms with E-state index in [1.165, 1.54) is 18.2 Å². The average molecular weight is 209 g/mol. The summed E-state index contributed by atoms with van der Waals surface area (Å²) in [5.74, 6) is -1.06. The lowest BCUT2D eigenvalue weighted by molar-refractivity contribution is -0.384. The van der Waals surface area contributed by atoms with Crippen LogP contribution in [0, 0.1) is 10.1 Å². The molecule has 0 spiro atoms. The van der Waals surface area contributed by atoms with E-state index >= 15 is 0 Å². The summed E-state index contributed by atoms with van der Waals surface area (Å²) in [7, 11) is 0. The number of hydrogen-bond donors (Lipinski definition) is 3. The van der Waals surface area contributed by atoms with Gasteiger partial charge in [0, 0.05) is 12.1 Å². The smallest absolute Gasteiger partial charge is 0.347 e. The second-order valence-electron chi connectivity index (χ2n) is 3.05. The van der Waals surface area contributed by atoms with E-state index in [0.717, 1.165) is 0 Å². The van der Waals surface area contributed by atoms with Crippen molar-refractivity contribution in [1.29, 1.82) is 0 Å². The van der Waals surface area contributed by atoms with Gasteiger partial charge in [-0.1, -0.05) is 0 Å². The van der Waals surface area contributed by atoms with Crippen LogP contribution >= 0.6 is 0 Å². The predicted octanol–water partition coefficient (Wildman–Crippen LogP) is 0.843. The monoisotopic (exact) mass is 209 g/mol. The molecule has 0 saturated carbocycles. The Balaban J connectivity index is 2.31. The Morgan fingerprint density at radius 2 is 2.07 bits per heavy atom. The first-order valence-electron chi connectivity index (χ1n) is 4.12. The molecule has 1 atom stereocenters. The number of hydrogen-bond acceptors (Lipinski definition) is 5. The lowest BCUT2D eigenvalue weighted by atomic mass is 10.2. The van der Waals surface area contributed by atoms with E-state index < -0.39 is 17.1 Å². The van der Waals surface area contributed by atoms with Crippen LogP contribution in [0.4, 0.5) is 17.1 Å². The number of carbonyl (C=O) groups is 1. The highest BCUT2D eigenvalue weighted by Crippen LogP contribution is 2.32. The number of nitrogens with one attached hydrogen (secondary N) is 2. The molecule has 1 aromatic carbocycles. The molecule has 1 heterocycles. The highest BCUT2D eigenvalue weighted by molar-refractivity contribution is 5.89. The summed E-state index contributed by atoms with van der Waals surface area (Å²) >= 11 is 0. The normalized spacial score (nSPS) is 17.5. The molecular formula is C8H7N3O4. The van der Waals surface area contributed by atoms with E-state index in [9.17, 15) is 14.9 Å². The highest BCUT2D eigenvalue weighted by Gasteiger charge is 2.26. The van der Waals surface area contributed by atoms with E-state index in [-0.39, 0.29) is 5.69 Å². The van der Waals surface area contributed by atoms with Crippen LogP contribution < -0.4 is 10.6 Å². The van der Waals surface area contributed by atoms with Crippen molar-refractivity contribution in [3.63, 3.8) is 0 Å². The van der Waals surface area contributed by atoms with Crippen LogP contribution in [-0.2, 0) is 4.79 Å². The topological polar surface area (TPSA) is 104 Å². The van der Waals surface area contributed by atoms with Crippen molar-refractivity contribution in [3.05, 3.63) is 28.3 Å². The zero-order chi connectivity index (χ0) is 11.0. The average Bonchev–Trinajstić information content (AvgIpc) is 2.59. The number of aliphatic carboxylic acids is 1. The van der Waals surface area contributed by atoms with Crippen molar-refractivity contribution in [3.8, 4) is 0 Å². The number of rotatable bonds is 2. The molecule has 2 rings (SSSR count). The van der Waals surface area contributed by atoms with E-state index in [2.05, 4.69) is 10.6 Å². The molecular weight excluding hydrogens is 202 g/mol. The molecule has 3 N–H and O–H groups in total. The molecule has 1 unspecified atom stereocenters. The maximum absolute atomic E-state index is 10.6. The zero-order valence-electron chi connectivity index (χ0n) is 7.43. The van der Waals surface area contributed by atoms with Gasteiger partial charge in [-0.15, -0.1) is 0 Å². The maximum atomic E-state index is 10.6. The molecule has 0 fully saturated rings. The van der Waals surface area contributed by atoms with E-state index in [4.69, 9.17) is 5.11 Å². The lowest BCUT2D eigenvalue weighted by Crippen LogP contribution is -2.31. The highest BCUT2D eigenvalue weighted by atomic mass is 16.6. The minimum atomic E-state index is -1.06. The minimum Gasteiger partial charge on any atom is -0.478 e. The molecule has 7 nitrogen and oxygen atoms in total. The van der Waals surface area contributed by atoms with Crippen LogP contribution in [0.1, 0.15) is 0 Å². The van der Waals surface area contributed by atoms with Gasteiger partial charge in [0.15, 0.2) is 6.17 Å². The molecule has 15 heavy (non-hydrogen) atoms. The van der Waals surface area contributed by atoms with Crippen LogP contribution in [-0.4, -0.2) is 22.2 Å². The SMILES string of the molecule is O=C(O)C1Nc2ccc([N+](=O)[O-])cc2N1. The number of nitro benzene ring substituents is 1. The third-order valence-electron chi connectivity index (χ3n) is 2.06. The Morgan fingerprint density at radius 3 is 2.67 bits per heavy atom. The molecule has 7 heteroatoms. The van der Waals surface area contributed by atoms with Crippen molar-refractivity contribution in [2.75, 3.05) is 10.6 Å². The molecule has 0 aromatic heterocycles. The van der Waals surface area contributed by atoms with Gasteiger partial charge in [0.25, 0.3) is 5.69 Å². The summed E-state index contributed by atoms with van der Waals surface area (Å²) in [5.41, 5.74) is 0.902. The Hall–Kier alpha value is -2.31. The molecule has 78 valence electrons.